The molecule has 0 radical (unpaired) electrons. The molecule has 0 rings (SSSR count). The van der Waals surface area contributed by atoms with Gasteiger partial charge in [0.05, 0.1) is 6.61 Å². The SMILES string of the molecule is CCCCCCC/C=C/C(=O)OCCCCCCC. The van der Waals surface area contributed by atoms with Gasteiger partial charge in [0.15, 0.2) is 0 Å². The van der Waals surface area contributed by atoms with Crippen LogP contribution in [0.15, 0.2) is 12.2 Å². The van der Waals surface area contributed by atoms with Gasteiger partial charge in [0.2, 0.25) is 0 Å². The molecule has 0 bridgehead atoms. The fourth-order valence-electron chi connectivity index (χ4n) is 1.97. The van der Waals surface area contributed by atoms with E-state index < -0.39 is 0 Å². The van der Waals surface area contributed by atoms with Crippen molar-refractivity contribution in [3.8, 4) is 0 Å². The molecule has 0 spiro atoms. The zero-order valence-electron chi connectivity index (χ0n) is 13.0. The summed E-state index contributed by atoms with van der Waals surface area (Å²) >= 11 is 0. The molecule has 0 saturated carbocycles. The third kappa shape index (κ3) is 15.2. The van der Waals surface area contributed by atoms with Crippen LogP contribution in [0.25, 0.3) is 0 Å². The normalized spacial score (nSPS) is 11.1. The number of hydrogen-bond donors (Lipinski definition) is 0. The molecule has 0 amide bonds. The van der Waals surface area contributed by atoms with E-state index in [4.69, 9.17) is 4.74 Å². The lowest BCUT2D eigenvalue weighted by molar-refractivity contribution is -0.137. The first-order valence-electron chi connectivity index (χ1n) is 8.14. The maximum atomic E-state index is 11.4. The summed E-state index contributed by atoms with van der Waals surface area (Å²) in [4.78, 5) is 11.4. The molecule has 0 atom stereocenters. The van der Waals surface area contributed by atoms with Gasteiger partial charge in [-0.2, -0.15) is 0 Å². The van der Waals surface area contributed by atoms with Crippen LogP contribution in [0.1, 0.15) is 84.5 Å². The predicted octanol–water partition coefficient (Wildman–Crippen LogP) is 5.42. The molecule has 0 aromatic carbocycles. The smallest absolute Gasteiger partial charge is 0.330 e. The Morgan fingerprint density at radius 2 is 1.42 bits per heavy atom. The van der Waals surface area contributed by atoms with Crippen LogP contribution >= 0.6 is 0 Å². The van der Waals surface area contributed by atoms with Crippen molar-refractivity contribution in [3.63, 3.8) is 0 Å². The highest BCUT2D eigenvalue weighted by molar-refractivity contribution is 5.81. The molecule has 0 N–H and O–H groups in total. The Morgan fingerprint density at radius 1 is 0.842 bits per heavy atom. The lowest BCUT2D eigenvalue weighted by atomic mass is 10.1. The topological polar surface area (TPSA) is 26.3 Å². The van der Waals surface area contributed by atoms with E-state index in [1.165, 1.54) is 57.8 Å². The van der Waals surface area contributed by atoms with Crippen LogP contribution in [0.3, 0.4) is 0 Å². The molecule has 0 saturated heterocycles. The Bertz CT molecular complexity index is 221. The molecule has 0 aliphatic heterocycles. The highest BCUT2D eigenvalue weighted by Gasteiger charge is 1.96. The maximum absolute atomic E-state index is 11.4. The summed E-state index contributed by atoms with van der Waals surface area (Å²) in [6.45, 7) is 4.99. The number of unbranched alkanes of at least 4 members (excludes halogenated alkanes) is 9. The van der Waals surface area contributed by atoms with Crippen LogP contribution < -0.4 is 0 Å². The van der Waals surface area contributed by atoms with E-state index in [2.05, 4.69) is 13.8 Å². The van der Waals surface area contributed by atoms with Crippen LogP contribution in [0.2, 0.25) is 0 Å². The molecule has 0 unspecified atom stereocenters. The van der Waals surface area contributed by atoms with Crippen molar-refractivity contribution in [3.05, 3.63) is 12.2 Å². The average molecular weight is 268 g/mol. The van der Waals surface area contributed by atoms with E-state index in [0.717, 1.165) is 12.8 Å². The Morgan fingerprint density at radius 3 is 2.05 bits per heavy atom. The molecule has 112 valence electrons. The molecule has 0 aromatic rings. The standard InChI is InChI=1S/C17H32O2/c1-3-5-7-9-10-11-13-15-17(18)19-16-14-12-8-6-4-2/h13,15H,3-12,14,16H2,1-2H3/b15-13+. The zero-order valence-corrected chi connectivity index (χ0v) is 13.0. The number of carbonyl (C=O) groups is 1. The van der Waals surface area contributed by atoms with Crippen molar-refractivity contribution in [1.29, 1.82) is 0 Å². The van der Waals surface area contributed by atoms with Crippen molar-refractivity contribution in [1.82, 2.24) is 0 Å². The Hall–Kier alpha value is -0.790. The number of carbonyl (C=O) groups excluding carboxylic acids is 1. The van der Waals surface area contributed by atoms with Gasteiger partial charge in [0, 0.05) is 6.08 Å². The molecule has 0 heterocycles. The first-order chi connectivity index (χ1) is 9.31. The van der Waals surface area contributed by atoms with Crippen molar-refractivity contribution in [2.45, 2.75) is 84.5 Å². The summed E-state index contributed by atoms with van der Waals surface area (Å²) in [5.41, 5.74) is 0. The lowest BCUT2D eigenvalue weighted by Gasteiger charge is -2.01. The Balaban J connectivity index is 3.28. The van der Waals surface area contributed by atoms with Crippen LogP contribution in [-0.2, 0) is 9.53 Å². The molecule has 0 aliphatic rings. The van der Waals surface area contributed by atoms with Crippen molar-refractivity contribution >= 4 is 5.97 Å². The van der Waals surface area contributed by atoms with E-state index >= 15 is 0 Å². The summed E-state index contributed by atoms with van der Waals surface area (Å²) in [6, 6.07) is 0. The van der Waals surface area contributed by atoms with Gasteiger partial charge in [-0.25, -0.2) is 4.79 Å². The van der Waals surface area contributed by atoms with Gasteiger partial charge in [-0.3, -0.25) is 0 Å². The van der Waals surface area contributed by atoms with Gasteiger partial charge in [-0.1, -0.05) is 71.3 Å². The highest BCUT2D eigenvalue weighted by atomic mass is 16.5. The minimum atomic E-state index is -0.177. The second-order valence-corrected chi connectivity index (χ2v) is 5.19. The average Bonchev–Trinajstić information content (AvgIpc) is 2.41. The third-order valence-electron chi connectivity index (χ3n) is 3.22. The quantitative estimate of drug-likeness (QED) is 0.253. The van der Waals surface area contributed by atoms with E-state index in [9.17, 15) is 4.79 Å². The minimum Gasteiger partial charge on any atom is -0.463 e. The zero-order chi connectivity index (χ0) is 14.2. The van der Waals surface area contributed by atoms with E-state index in [-0.39, 0.29) is 5.97 Å². The van der Waals surface area contributed by atoms with Crippen LogP contribution in [0, 0.1) is 0 Å². The molecule has 2 nitrogen and oxygen atoms in total. The van der Waals surface area contributed by atoms with Gasteiger partial charge in [-0.15, -0.1) is 0 Å². The van der Waals surface area contributed by atoms with Crippen molar-refractivity contribution in [2.75, 3.05) is 6.61 Å². The van der Waals surface area contributed by atoms with Crippen LogP contribution in [0.5, 0.6) is 0 Å². The number of rotatable bonds is 13. The number of ether oxygens (including phenoxy) is 1. The Kier molecular flexibility index (Phi) is 14.6. The van der Waals surface area contributed by atoms with Gasteiger partial charge >= 0.3 is 5.97 Å². The monoisotopic (exact) mass is 268 g/mol. The van der Waals surface area contributed by atoms with E-state index in [1.807, 2.05) is 6.08 Å². The molecule has 0 aliphatic carbocycles. The first kappa shape index (κ1) is 18.2. The fraction of sp³-hybridized carbons (Fsp3) is 0.824. The molecular formula is C17H32O2. The fourth-order valence-corrected chi connectivity index (χ4v) is 1.97. The molecular weight excluding hydrogens is 236 g/mol. The second kappa shape index (κ2) is 15.3. The van der Waals surface area contributed by atoms with Crippen molar-refractivity contribution in [2.24, 2.45) is 0 Å². The summed E-state index contributed by atoms with van der Waals surface area (Å²) in [5, 5.41) is 0. The van der Waals surface area contributed by atoms with Gasteiger partial charge in [0.25, 0.3) is 0 Å². The summed E-state index contributed by atoms with van der Waals surface area (Å²) in [7, 11) is 0. The molecule has 19 heavy (non-hydrogen) atoms. The van der Waals surface area contributed by atoms with E-state index in [0.29, 0.717) is 6.61 Å². The van der Waals surface area contributed by atoms with Gasteiger partial charge < -0.3 is 4.74 Å². The van der Waals surface area contributed by atoms with E-state index in [1.54, 1.807) is 6.08 Å². The second-order valence-electron chi connectivity index (χ2n) is 5.19. The highest BCUT2D eigenvalue weighted by Crippen LogP contribution is 2.05. The number of esters is 1. The minimum absolute atomic E-state index is 0.177. The van der Waals surface area contributed by atoms with Crippen LogP contribution in [0.4, 0.5) is 0 Å². The van der Waals surface area contributed by atoms with Gasteiger partial charge in [-0.05, 0) is 19.3 Å². The molecule has 0 aromatic heterocycles. The first-order valence-corrected chi connectivity index (χ1v) is 8.14. The number of hydrogen-bond acceptors (Lipinski definition) is 2. The largest absolute Gasteiger partial charge is 0.463 e. The van der Waals surface area contributed by atoms with Gasteiger partial charge in [0.1, 0.15) is 0 Å². The summed E-state index contributed by atoms with van der Waals surface area (Å²) in [5.74, 6) is -0.177. The third-order valence-corrected chi connectivity index (χ3v) is 3.22. The van der Waals surface area contributed by atoms with Crippen molar-refractivity contribution < 1.29 is 9.53 Å². The number of allylic oxidation sites excluding steroid dienone is 1. The summed E-state index contributed by atoms with van der Waals surface area (Å²) < 4.78 is 5.14. The van der Waals surface area contributed by atoms with Crippen LogP contribution in [-0.4, -0.2) is 12.6 Å². The lowest BCUT2D eigenvalue weighted by Crippen LogP contribution is -2.02. The summed E-state index contributed by atoms with van der Waals surface area (Å²) in [6.07, 6.45) is 16.8. The Labute approximate surface area is 119 Å². The maximum Gasteiger partial charge on any atom is 0.330 e. The predicted molar refractivity (Wildman–Crippen MR) is 82.2 cm³/mol. The molecule has 0 fully saturated rings. The molecule has 2 heteroatoms.